The average molecular weight is 449 g/mol. The van der Waals surface area contributed by atoms with Crippen LogP contribution in [-0.4, -0.2) is 43.6 Å². The number of carbonyl (C=O) groups is 1. The molecule has 1 aliphatic heterocycles. The van der Waals surface area contributed by atoms with Gasteiger partial charge in [-0.1, -0.05) is 18.2 Å². The molecule has 30 heavy (non-hydrogen) atoms. The van der Waals surface area contributed by atoms with Crippen molar-refractivity contribution in [2.45, 2.75) is 63.5 Å². The molecule has 0 N–H and O–H groups in total. The molecule has 1 aromatic rings. The lowest BCUT2D eigenvalue weighted by Gasteiger charge is -2.52. The molecule has 1 saturated carbocycles. The Kier molecular flexibility index (Phi) is 5.77. The number of halogens is 3. The minimum absolute atomic E-state index is 0.000801. The predicted octanol–water partition coefficient (Wildman–Crippen LogP) is 4.81. The molecule has 1 aromatic carbocycles. The third kappa shape index (κ3) is 4.84. The number of nitrogens with zero attached hydrogens (tertiary/aromatic N) is 1. The number of benzene rings is 1. The van der Waals surface area contributed by atoms with E-state index in [-0.39, 0.29) is 23.2 Å². The summed E-state index contributed by atoms with van der Waals surface area (Å²) in [5.41, 5.74) is -5.58. The number of hydrogen-bond acceptors (Lipinski definition) is 5. The number of alkyl halides is 3. The van der Waals surface area contributed by atoms with Crippen LogP contribution in [0.5, 0.6) is 5.75 Å². The van der Waals surface area contributed by atoms with Crippen molar-refractivity contribution < 1.29 is 35.3 Å². The fourth-order valence-corrected chi connectivity index (χ4v) is 4.65. The van der Waals surface area contributed by atoms with Crippen LogP contribution in [0.1, 0.15) is 57.9 Å². The maximum Gasteiger partial charge on any atom is 0.534 e. The first-order valence-electron chi connectivity index (χ1n) is 9.79. The molecule has 3 rings (SSSR count). The average Bonchev–Trinajstić information content (AvgIpc) is 2.57. The zero-order chi connectivity index (χ0) is 22.4. The number of piperidine rings is 1. The molecule has 1 aliphatic carbocycles. The van der Waals surface area contributed by atoms with E-state index in [0.717, 1.165) is 12.8 Å². The van der Waals surface area contributed by atoms with Gasteiger partial charge in [-0.15, -0.1) is 0 Å². The van der Waals surface area contributed by atoms with Crippen molar-refractivity contribution in [1.29, 1.82) is 0 Å². The summed E-state index contributed by atoms with van der Waals surface area (Å²) in [4.78, 5) is 13.9. The monoisotopic (exact) mass is 449 g/mol. The molecule has 0 aromatic heterocycles. The summed E-state index contributed by atoms with van der Waals surface area (Å²) in [7, 11) is -5.71. The summed E-state index contributed by atoms with van der Waals surface area (Å²) in [5, 5.41) is 0. The van der Waals surface area contributed by atoms with E-state index < -0.39 is 21.2 Å². The fourth-order valence-electron chi connectivity index (χ4n) is 4.16. The van der Waals surface area contributed by atoms with Gasteiger partial charge in [0.05, 0.1) is 0 Å². The van der Waals surface area contributed by atoms with Crippen LogP contribution < -0.4 is 4.18 Å². The highest BCUT2D eigenvalue weighted by molar-refractivity contribution is 7.88. The molecule has 0 radical (unpaired) electrons. The Labute approximate surface area is 174 Å². The van der Waals surface area contributed by atoms with Crippen LogP contribution in [0.2, 0.25) is 0 Å². The highest BCUT2D eigenvalue weighted by atomic mass is 32.2. The molecule has 6 nitrogen and oxygen atoms in total. The largest absolute Gasteiger partial charge is 0.534 e. The molecule has 1 amide bonds. The maximum atomic E-state index is 12.7. The van der Waals surface area contributed by atoms with Gasteiger partial charge in [-0.3, -0.25) is 0 Å². The van der Waals surface area contributed by atoms with E-state index in [1.54, 1.807) is 17.0 Å². The lowest BCUT2D eigenvalue weighted by molar-refractivity contribution is -0.0501. The Morgan fingerprint density at radius 3 is 2.20 bits per heavy atom. The van der Waals surface area contributed by atoms with Gasteiger partial charge < -0.3 is 13.8 Å². The first kappa shape index (κ1) is 22.7. The summed E-state index contributed by atoms with van der Waals surface area (Å²) in [5.74, 6) is -0.362. The van der Waals surface area contributed by atoms with Crippen LogP contribution in [0, 0.1) is 5.41 Å². The molecule has 168 valence electrons. The number of ether oxygens (including phenoxy) is 1. The van der Waals surface area contributed by atoms with E-state index >= 15 is 0 Å². The Hall–Kier alpha value is -1.97. The number of carbonyl (C=O) groups excluding carboxylic acids is 1. The molecule has 1 spiro atoms. The van der Waals surface area contributed by atoms with Gasteiger partial charge >= 0.3 is 21.7 Å². The lowest BCUT2D eigenvalue weighted by Crippen LogP contribution is -2.49. The molecule has 0 bridgehead atoms. The van der Waals surface area contributed by atoms with Crippen molar-refractivity contribution >= 4 is 16.2 Å². The van der Waals surface area contributed by atoms with Gasteiger partial charge in [-0.05, 0) is 69.4 Å². The van der Waals surface area contributed by atoms with Gasteiger partial charge in [0.1, 0.15) is 11.4 Å². The van der Waals surface area contributed by atoms with Crippen molar-refractivity contribution in [2.75, 3.05) is 13.1 Å². The SMILES string of the molecule is CC(C)(C)OC(=O)N1CCC2(CC1)CC(c1ccccc1OS(=O)(=O)C(F)(F)F)C2. The number of amides is 1. The second kappa shape index (κ2) is 7.62. The minimum Gasteiger partial charge on any atom is -0.444 e. The molecule has 2 aliphatic rings. The summed E-state index contributed by atoms with van der Waals surface area (Å²) < 4.78 is 70.7. The van der Waals surface area contributed by atoms with E-state index in [1.165, 1.54) is 12.1 Å². The van der Waals surface area contributed by atoms with Crippen LogP contribution in [0.4, 0.5) is 18.0 Å². The van der Waals surface area contributed by atoms with Gasteiger partial charge in [-0.2, -0.15) is 21.6 Å². The standard InChI is InChI=1S/C20H26F3NO5S/c1-18(2,3)28-17(25)24-10-8-19(9-11-24)12-14(13-19)15-6-4-5-7-16(15)29-30(26,27)20(21,22)23/h4-7,14H,8-13H2,1-3H3. The topological polar surface area (TPSA) is 72.9 Å². The van der Waals surface area contributed by atoms with Gasteiger partial charge in [-0.25, -0.2) is 4.79 Å². The number of likely N-dealkylation sites (tertiary alicyclic amines) is 1. The Bertz CT molecular complexity index is 892. The van der Waals surface area contributed by atoms with Gasteiger partial charge in [0, 0.05) is 13.1 Å². The third-order valence-corrected chi connectivity index (χ3v) is 6.64. The number of para-hydroxylation sites is 1. The quantitative estimate of drug-likeness (QED) is 0.489. The third-order valence-electron chi connectivity index (χ3n) is 5.68. The van der Waals surface area contributed by atoms with Crippen molar-refractivity contribution in [2.24, 2.45) is 5.41 Å². The Balaban J connectivity index is 1.62. The van der Waals surface area contributed by atoms with Crippen molar-refractivity contribution in [3.63, 3.8) is 0 Å². The van der Waals surface area contributed by atoms with E-state index in [0.29, 0.717) is 31.5 Å². The van der Waals surface area contributed by atoms with Gasteiger partial charge in [0.2, 0.25) is 0 Å². The maximum absolute atomic E-state index is 12.7. The summed E-state index contributed by atoms with van der Waals surface area (Å²) in [6, 6.07) is 5.94. The van der Waals surface area contributed by atoms with E-state index in [4.69, 9.17) is 4.74 Å². The highest BCUT2D eigenvalue weighted by Crippen LogP contribution is 2.58. The van der Waals surface area contributed by atoms with Crippen LogP contribution in [0.25, 0.3) is 0 Å². The van der Waals surface area contributed by atoms with Crippen LogP contribution >= 0.6 is 0 Å². The Morgan fingerprint density at radius 2 is 1.67 bits per heavy atom. The zero-order valence-corrected chi connectivity index (χ0v) is 18.0. The van der Waals surface area contributed by atoms with Crippen LogP contribution in [-0.2, 0) is 14.9 Å². The molecular weight excluding hydrogens is 423 g/mol. The Morgan fingerprint density at radius 1 is 1.10 bits per heavy atom. The second-order valence-electron chi connectivity index (χ2n) is 9.09. The normalized spacial score (nSPS) is 20.0. The van der Waals surface area contributed by atoms with E-state index in [2.05, 4.69) is 4.18 Å². The van der Waals surface area contributed by atoms with Crippen LogP contribution in [0.3, 0.4) is 0 Å². The van der Waals surface area contributed by atoms with Gasteiger partial charge in [0.25, 0.3) is 0 Å². The second-order valence-corrected chi connectivity index (χ2v) is 10.6. The van der Waals surface area contributed by atoms with E-state index in [9.17, 15) is 26.4 Å². The minimum atomic E-state index is -5.71. The first-order valence-corrected chi connectivity index (χ1v) is 11.2. The van der Waals surface area contributed by atoms with E-state index in [1.807, 2.05) is 20.8 Å². The summed E-state index contributed by atoms with van der Waals surface area (Å²) in [6.07, 6.45) is 2.62. The van der Waals surface area contributed by atoms with Gasteiger partial charge in [0.15, 0.2) is 0 Å². The molecule has 10 heteroatoms. The molecule has 1 heterocycles. The fraction of sp³-hybridized carbons (Fsp3) is 0.650. The molecule has 2 fully saturated rings. The van der Waals surface area contributed by atoms with Crippen molar-refractivity contribution in [3.05, 3.63) is 29.8 Å². The number of hydrogen-bond donors (Lipinski definition) is 0. The summed E-state index contributed by atoms with van der Waals surface area (Å²) in [6.45, 7) is 6.55. The predicted molar refractivity (Wildman–Crippen MR) is 103 cm³/mol. The zero-order valence-electron chi connectivity index (χ0n) is 17.2. The lowest BCUT2D eigenvalue weighted by atomic mass is 9.56. The van der Waals surface area contributed by atoms with Crippen molar-refractivity contribution in [3.8, 4) is 5.75 Å². The number of rotatable bonds is 3. The molecule has 0 atom stereocenters. The molecular formula is C20H26F3NO5S. The highest BCUT2D eigenvalue weighted by Gasteiger charge is 2.50. The smallest absolute Gasteiger partial charge is 0.444 e. The first-order chi connectivity index (χ1) is 13.7. The molecule has 1 saturated heterocycles. The molecule has 0 unspecified atom stereocenters. The van der Waals surface area contributed by atoms with Crippen LogP contribution in [0.15, 0.2) is 24.3 Å². The van der Waals surface area contributed by atoms with Crippen molar-refractivity contribution in [1.82, 2.24) is 4.90 Å². The summed E-state index contributed by atoms with van der Waals surface area (Å²) >= 11 is 0.